The van der Waals surface area contributed by atoms with Crippen LogP contribution in [0, 0.1) is 20.8 Å². The van der Waals surface area contributed by atoms with Crippen LogP contribution in [0.25, 0.3) is 0 Å². The molecule has 3 aromatic carbocycles. The van der Waals surface area contributed by atoms with Gasteiger partial charge in [0.25, 0.3) is 10.0 Å². The molecular weight excluding hydrogens is 557 g/mol. The van der Waals surface area contributed by atoms with Crippen LogP contribution in [0.2, 0.25) is 10.0 Å². The van der Waals surface area contributed by atoms with Gasteiger partial charge < -0.3 is 10.2 Å². The maximum absolute atomic E-state index is 14.0. The van der Waals surface area contributed by atoms with Crippen molar-refractivity contribution in [2.45, 2.75) is 51.6 Å². The summed E-state index contributed by atoms with van der Waals surface area (Å²) in [5.41, 5.74) is 3.49. The Labute approximate surface area is 240 Å². The molecule has 0 heterocycles. The molecule has 0 fully saturated rings. The Hall–Kier alpha value is -3.07. The van der Waals surface area contributed by atoms with Crippen molar-refractivity contribution in [3.63, 3.8) is 0 Å². The predicted molar refractivity (Wildman–Crippen MR) is 157 cm³/mol. The summed E-state index contributed by atoms with van der Waals surface area (Å²) in [6.45, 7) is 6.84. The standard InChI is InChI=1S/C29H33Cl2N3O4S/c1-6-26(29(36)32-5)33(17-22-11-14-24(30)25(31)16-22)28(35)18-34(27-15-20(3)7-10-21(27)4)39(37,38)23-12-8-19(2)9-13-23/h7-16,26H,6,17-18H2,1-5H3,(H,32,36)/t26-/m1/s1. The first kappa shape index (κ1) is 30.5. The molecule has 1 N–H and O–H groups in total. The maximum atomic E-state index is 14.0. The second kappa shape index (κ2) is 12.9. The van der Waals surface area contributed by atoms with Crippen LogP contribution in [0.15, 0.2) is 65.6 Å². The number of carbonyl (C=O) groups is 2. The topological polar surface area (TPSA) is 86.8 Å². The van der Waals surface area contributed by atoms with E-state index in [1.165, 1.54) is 24.1 Å². The van der Waals surface area contributed by atoms with Gasteiger partial charge in [-0.1, -0.05) is 66.0 Å². The molecule has 0 radical (unpaired) electrons. The highest BCUT2D eigenvalue weighted by Gasteiger charge is 2.34. The summed E-state index contributed by atoms with van der Waals surface area (Å²) in [6, 6.07) is 16.1. The summed E-state index contributed by atoms with van der Waals surface area (Å²) >= 11 is 12.3. The maximum Gasteiger partial charge on any atom is 0.264 e. The average molecular weight is 591 g/mol. The number of anilines is 1. The molecule has 208 valence electrons. The van der Waals surface area contributed by atoms with E-state index in [-0.39, 0.29) is 17.3 Å². The van der Waals surface area contributed by atoms with Crippen molar-refractivity contribution in [1.82, 2.24) is 10.2 Å². The molecule has 3 rings (SSSR count). The fourth-order valence-electron chi connectivity index (χ4n) is 4.26. The Morgan fingerprint density at radius 1 is 0.897 bits per heavy atom. The first-order chi connectivity index (χ1) is 18.4. The number of amides is 2. The molecule has 0 aliphatic rings. The van der Waals surface area contributed by atoms with Gasteiger partial charge >= 0.3 is 0 Å². The molecule has 39 heavy (non-hydrogen) atoms. The predicted octanol–water partition coefficient (Wildman–Crippen LogP) is 5.67. The summed E-state index contributed by atoms with van der Waals surface area (Å²) in [7, 11) is -2.64. The van der Waals surface area contributed by atoms with E-state index in [2.05, 4.69) is 5.32 Å². The average Bonchev–Trinajstić information content (AvgIpc) is 2.90. The van der Waals surface area contributed by atoms with Crippen LogP contribution in [-0.2, 0) is 26.2 Å². The molecule has 2 amide bonds. The lowest BCUT2D eigenvalue weighted by Crippen LogP contribution is -2.51. The van der Waals surface area contributed by atoms with E-state index in [4.69, 9.17) is 23.2 Å². The van der Waals surface area contributed by atoms with Gasteiger partial charge in [-0.3, -0.25) is 13.9 Å². The second-order valence-electron chi connectivity index (χ2n) is 9.42. The SMILES string of the molecule is CC[C@H](C(=O)NC)N(Cc1ccc(Cl)c(Cl)c1)C(=O)CN(c1cc(C)ccc1C)S(=O)(=O)c1ccc(C)cc1. The van der Waals surface area contributed by atoms with Crippen molar-refractivity contribution in [3.8, 4) is 0 Å². The van der Waals surface area contributed by atoms with Crippen LogP contribution >= 0.6 is 23.2 Å². The van der Waals surface area contributed by atoms with E-state index in [9.17, 15) is 18.0 Å². The highest BCUT2D eigenvalue weighted by atomic mass is 35.5. The van der Waals surface area contributed by atoms with Crippen LogP contribution < -0.4 is 9.62 Å². The highest BCUT2D eigenvalue weighted by molar-refractivity contribution is 7.92. The number of hydrogen-bond acceptors (Lipinski definition) is 4. The molecule has 0 saturated heterocycles. The molecule has 0 spiro atoms. The van der Waals surface area contributed by atoms with E-state index in [1.54, 1.807) is 50.2 Å². The zero-order chi connectivity index (χ0) is 28.9. The lowest BCUT2D eigenvalue weighted by atomic mass is 10.1. The van der Waals surface area contributed by atoms with Gasteiger partial charge in [0, 0.05) is 13.6 Å². The zero-order valence-corrected chi connectivity index (χ0v) is 25.0. The molecule has 0 unspecified atom stereocenters. The Balaban J connectivity index is 2.11. The van der Waals surface area contributed by atoms with Gasteiger partial charge in [-0.25, -0.2) is 8.42 Å². The number of nitrogens with one attached hydrogen (secondary N) is 1. The molecule has 1 atom stereocenters. The third-order valence-electron chi connectivity index (χ3n) is 6.49. The zero-order valence-electron chi connectivity index (χ0n) is 22.7. The second-order valence-corrected chi connectivity index (χ2v) is 12.1. The fourth-order valence-corrected chi connectivity index (χ4v) is 6.05. The van der Waals surface area contributed by atoms with Crippen molar-refractivity contribution in [3.05, 3.63) is 93.0 Å². The van der Waals surface area contributed by atoms with Gasteiger partial charge in [0.2, 0.25) is 11.8 Å². The quantitative estimate of drug-likeness (QED) is 0.330. The number of hydrogen-bond donors (Lipinski definition) is 1. The van der Waals surface area contributed by atoms with Gasteiger partial charge in [-0.15, -0.1) is 0 Å². The Kier molecular flexibility index (Phi) is 10.0. The smallest absolute Gasteiger partial charge is 0.264 e. The lowest BCUT2D eigenvalue weighted by Gasteiger charge is -2.33. The van der Waals surface area contributed by atoms with Gasteiger partial charge in [0.1, 0.15) is 12.6 Å². The van der Waals surface area contributed by atoms with E-state index >= 15 is 0 Å². The number of benzene rings is 3. The van der Waals surface area contributed by atoms with Crippen LogP contribution in [0.5, 0.6) is 0 Å². The molecule has 10 heteroatoms. The minimum Gasteiger partial charge on any atom is -0.357 e. The summed E-state index contributed by atoms with van der Waals surface area (Å²) in [5, 5.41) is 3.29. The molecule has 0 saturated carbocycles. The molecule has 3 aromatic rings. The fraction of sp³-hybridized carbons (Fsp3) is 0.310. The molecule has 0 aliphatic heterocycles. The normalized spacial score (nSPS) is 12.1. The molecule has 7 nitrogen and oxygen atoms in total. The number of nitrogens with zero attached hydrogens (tertiary/aromatic N) is 2. The Bertz CT molecular complexity index is 1460. The number of sulfonamides is 1. The summed E-state index contributed by atoms with van der Waals surface area (Å²) < 4.78 is 29.1. The molecular formula is C29H33Cl2N3O4S. The minimum absolute atomic E-state index is 0.0346. The first-order valence-corrected chi connectivity index (χ1v) is 14.7. The highest BCUT2D eigenvalue weighted by Crippen LogP contribution is 2.29. The molecule has 0 aliphatic carbocycles. The van der Waals surface area contributed by atoms with Gasteiger partial charge in [0.15, 0.2) is 0 Å². The van der Waals surface area contributed by atoms with Gasteiger partial charge in [-0.05, 0) is 74.2 Å². The van der Waals surface area contributed by atoms with E-state index in [0.717, 1.165) is 15.4 Å². The third kappa shape index (κ3) is 7.12. The van der Waals surface area contributed by atoms with Crippen molar-refractivity contribution >= 4 is 50.7 Å². The van der Waals surface area contributed by atoms with Crippen molar-refractivity contribution < 1.29 is 18.0 Å². The van der Waals surface area contributed by atoms with Crippen molar-refractivity contribution in [2.24, 2.45) is 0 Å². The molecule has 0 bridgehead atoms. The Morgan fingerprint density at radius 2 is 1.54 bits per heavy atom. The van der Waals surface area contributed by atoms with Crippen molar-refractivity contribution in [1.29, 1.82) is 0 Å². The van der Waals surface area contributed by atoms with E-state index in [0.29, 0.717) is 33.3 Å². The Morgan fingerprint density at radius 3 is 2.13 bits per heavy atom. The number of carbonyl (C=O) groups excluding carboxylic acids is 2. The summed E-state index contributed by atoms with van der Waals surface area (Å²) in [4.78, 5) is 28.3. The van der Waals surface area contributed by atoms with E-state index in [1.807, 2.05) is 26.0 Å². The lowest BCUT2D eigenvalue weighted by molar-refractivity contribution is -0.140. The third-order valence-corrected chi connectivity index (χ3v) is 9.00. The monoisotopic (exact) mass is 589 g/mol. The van der Waals surface area contributed by atoms with Gasteiger partial charge in [-0.2, -0.15) is 0 Å². The van der Waals surface area contributed by atoms with Crippen molar-refractivity contribution in [2.75, 3.05) is 17.9 Å². The first-order valence-electron chi connectivity index (χ1n) is 12.5. The summed E-state index contributed by atoms with van der Waals surface area (Å²) in [5.74, 6) is -0.890. The van der Waals surface area contributed by atoms with Crippen LogP contribution in [0.4, 0.5) is 5.69 Å². The van der Waals surface area contributed by atoms with Crippen LogP contribution in [0.1, 0.15) is 35.6 Å². The van der Waals surface area contributed by atoms with Crippen LogP contribution in [0.3, 0.4) is 0 Å². The molecule has 0 aromatic heterocycles. The number of halogens is 2. The van der Waals surface area contributed by atoms with E-state index < -0.39 is 28.5 Å². The minimum atomic E-state index is -4.14. The number of rotatable bonds is 10. The van der Waals surface area contributed by atoms with Gasteiger partial charge in [0.05, 0.1) is 20.6 Å². The van der Waals surface area contributed by atoms with Crippen LogP contribution in [-0.4, -0.2) is 44.8 Å². The number of likely N-dealkylation sites (N-methyl/N-ethyl adjacent to an activating group) is 1. The summed E-state index contributed by atoms with van der Waals surface area (Å²) in [6.07, 6.45) is 0.320. The largest absolute Gasteiger partial charge is 0.357 e. The number of aryl methyl sites for hydroxylation is 3.